The third-order valence-electron chi connectivity index (χ3n) is 2.67. The highest BCUT2D eigenvalue weighted by Crippen LogP contribution is 2.17. The van der Waals surface area contributed by atoms with Crippen molar-refractivity contribution in [3.05, 3.63) is 0 Å². The number of nitrogens with one attached hydrogen (secondary N) is 2. The van der Waals surface area contributed by atoms with E-state index in [2.05, 4.69) is 10.6 Å². The first-order valence-corrected chi connectivity index (χ1v) is 5.90. The third-order valence-corrected chi connectivity index (χ3v) is 2.95. The fourth-order valence-corrected chi connectivity index (χ4v) is 1.69. The molecular formula is C10H19N3OS. The number of thiocarbonyl (C=S) groups is 1. The predicted molar refractivity (Wildman–Crippen MR) is 64.8 cm³/mol. The van der Waals surface area contributed by atoms with Crippen LogP contribution in [-0.4, -0.2) is 23.1 Å². The van der Waals surface area contributed by atoms with E-state index in [-0.39, 0.29) is 12.1 Å². The van der Waals surface area contributed by atoms with Crippen molar-refractivity contribution in [2.45, 2.75) is 51.1 Å². The van der Waals surface area contributed by atoms with Crippen LogP contribution in [0.3, 0.4) is 0 Å². The number of amides is 2. The average Bonchev–Trinajstić information content (AvgIpc) is 2.10. The fourth-order valence-electron chi connectivity index (χ4n) is 1.51. The van der Waals surface area contributed by atoms with Gasteiger partial charge in [0.25, 0.3) is 0 Å². The Balaban J connectivity index is 2.28. The molecular weight excluding hydrogens is 210 g/mol. The van der Waals surface area contributed by atoms with Crippen molar-refractivity contribution in [3.8, 4) is 0 Å². The minimum absolute atomic E-state index is 0.147. The zero-order valence-electron chi connectivity index (χ0n) is 9.08. The zero-order chi connectivity index (χ0) is 11.3. The molecule has 0 radical (unpaired) electrons. The van der Waals surface area contributed by atoms with E-state index in [1.54, 1.807) is 0 Å². The molecule has 0 aromatic heterocycles. The average molecular weight is 229 g/mol. The Labute approximate surface area is 96.0 Å². The number of rotatable bonds is 5. The highest BCUT2D eigenvalue weighted by atomic mass is 32.1. The maximum atomic E-state index is 11.5. The Bertz CT molecular complexity index is 241. The van der Waals surface area contributed by atoms with Crippen molar-refractivity contribution in [2.24, 2.45) is 5.73 Å². The van der Waals surface area contributed by atoms with Gasteiger partial charge in [0.05, 0.1) is 11.0 Å². The Hall–Kier alpha value is -0.840. The van der Waals surface area contributed by atoms with Gasteiger partial charge >= 0.3 is 6.03 Å². The van der Waals surface area contributed by atoms with Crippen LogP contribution in [0.2, 0.25) is 0 Å². The summed E-state index contributed by atoms with van der Waals surface area (Å²) in [5.74, 6) is 0. The van der Waals surface area contributed by atoms with Gasteiger partial charge in [0.15, 0.2) is 0 Å². The summed E-state index contributed by atoms with van der Waals surface area (Å²) in [6, 6.07) is 0.0228. The van der Waals surface area contributed by atoms with Crippen LogP contribution in [0.4, 0.5) is 4.79 Å². The van der Waals surface area contributed by atoms with E-state index in [1.165, 1.54) is 6.42 Å². The van der Waals surface area contributed by atoms with E-state index < -0.39 is 0 Å². The van der Waals surface area contributed by atoms with Gasteiger partial charge in [-0.3, -0.25) is 0 Å². The van der Waals surface area contributed by atoms with Crippen LogP contribution in [0.25, 0.3) is 0 Å². The second kappa shape index (κ2) is 5.90. The SMILES string of the molecule is CCCC(NC(=O)NC1CCC1)C(N)=S. The van der Waals surface area contributed by atoms with Gasteiger partial charge in [-0.25, -0.2) is 4.79 Å². The molecule has 2 amide bonds. The van der Waals surface area contributed by atoms with Gasteiger partial charge in [0.1, 0.15) is 0 Å². The smallest absolute Gasteiger partial charge is 0.315 e. The van der Waals surface area contributed by atoms with Gasteiger partial charge in [-0.2, -0.15) is 0 Å². The maximum absolute atomic E-state index is 11.5. The van der Waals surface area contributed by atoms with Gasteiger partial charge in [-0.1, -0.05) is 25.6 Å². The molecule has 1 saturated carbocycles. The second-order valence-electron chi connectivity index (χ2n) is 3.99. The van der Waals surface area contributed by atoms with Crippen LogP contribution >= 0.6 is 12.2 Å². The summed E-state index contributed by atoms with van der Waals surface area (Å²) < 4.78 is 0. The van der Waals surface area contributed by atoms with Gasteiger partial charge in [0, 0.05) is 6.04 Å². The quantitative estimate of drug-likeness (QED) is 0.622. The highest BCUT2D eigenvalue weighted by molar-refractivity contribution is 7.80. The lowest BCUT2D eigenvalue weighted by Crippen LogP contribution is -2.51. The van der Waals surface area contributed by atoms with E-state index in [0.717, 1.165) is 25.7 Å². The Kier molecular flexibility index (Phi) is 4.81. The molecule has 4 nitrogen and oxygen atoms in total. The minimum atomic E-state index is -0.176. The van der Waals surface area contributed by atoms with Crippen LogP contribution in [0.5, 0.6) is 0 Å². The first-order valence-electron chi connectivity index (χ1n) is 5.49. The summed E-state index contributed by atoms with van der Waals surface area (Å²) in [5.41, 5.74) is 5.54. The Morgan fingerprint density at radius 1 is 1.60 bits per heavy atom. The van der Waals surface area contributed by atoms with Gasteiger partial charge in [0.2, 0.25) is 0 Å². The van der Waals surface area contributed by atoms with Crippen molar-refractivity contribution in [1.29, 1.82) is 0 Å². The van der Waals surface area contributed by atoms with Gasteiger partial charge in [-0.15, -0.1) is 0 Å². The molecule has 1 unspecified atom stereocenters. The van der Waals surface area contributed by atoms with E-state index in [1.807, 2.05) is 6.92 Å². The van der Waals surface area contributed by atoms with Crippen molar-refractivity contribution in [1.82, 2.24) is 10.6 Å². The largest absolute Gasteiger partial charge is 0.392 e. The third kappa shape index (κ3) is 4.03. The van der Waals surface area contributed by atoms with Gasteiger partial charge in [-0.05, 0) is 25.7 Å². The van der Waals surface area contributed by atoms with Gasteiger partial charge < -0.3 is 16.4 Å². The summed E-state index contributed by atoms with van der Waals surface area (Å²) in [4.78, 5) is 11.9. The summed E-state index contributed by atoms with van der Waals surface area (Å²) in [7, 11) is 0. The lowest BCUT2D eigenvalue weighted by atomic mass is 9.93. The highest BCUT2D eigenvalue weighted by Gasteiger charge is 2.21. The lowest BCUT2D eigenvalue weighted by Gasteiger charge is -2.27. The molecule has 0 saturated heterocycles. The first kappa shape index (κ1) is 12.2. The predicted octanol–water partition coefficient (Wildman–Crippen LogP) is 1.29. The molecule has 86 valence electrons. The molecule has 15 heavy (non-hydrogen) atoms. The van der Waals surface area contributed by atoms with E-state index in [0.29, 0.717) is 11.0 Å². The molecule has 1 rings (SSSR count). The molecule has 1 aliphatic carbocycles. The molecule has 1 aliphatic rings. The second-order valence-corrected chi connectivity index (χ2v) is 4.46. The van der Waals surface area contributed by atoms with E-state index in [9.17, 15) is 4.79 Å². The monoisotopic (exact) mass is 229 g/mol. The van der Waals surface area contributed by atoms with Crippen LogP contribution in [0.15, 0.2) is 0 Å². The molecule has 5 heteroatoms. The molecule has 1 fully saturated rings. The topological polar surface area (TPSA) is 67.2 Å². The normalized spacial score (nSPS) is 17.7. The first-order chi connectivity index (χ1) is 7.13. The Morgan fingerprint density at radius 3 is 2.67 bits per heavy atom. The molecule has 1 atom stereocenters. The standard InChI is InChI=1S/C10H19N3OS/c1-2-4-8(9(11)15)13-10(14)12-7-5-3-6-7/h7-8H,2-6H2,1H3,(H2,11,15)(H2,12,13,14). The number of carbonyl (C=O) groups is 1. The summed E-state index contributed by atoms with van der Waals surface area (Å²) in [5, 5.41) is 5.70. The fraction of sp³-hybridized carbons (Fsp3) is 0.800. The molecule has 0 heterocycles. The number of hydrogen-bond donors (Lipinski definition) is 3. The number of carbonyl (C=O) groups excluding carboxylic acids is 1. The molecule has 0 aromatic rings. The maximum Gasteiger partial charge on any atom is 0.315 e. The van der Waals surface area contributed by atoms with Crippen molar-refractivity contribution >= 4 is 23.2 Å². The zero-order valence-corrected chi connectivity index (χ0v) is 9.90. The van der Waals surface area contributed by atoms with E-state index >= 15 is 0 Å². The van der Waals surface area contributed by atoms with Crippen molar-refractivity contribution < 1.29 is 4.79 Å². The molecule has 0 aliphatic heterocycles. The lowest BCUT2D eigenvalue weighted by molar-refractivity contribution is 0.226. The van der Waals surface area contributed by atoms with Crippen molar-refractivity contribution in [3.63, 3.8) is 0 Å². The minimum Gasteiger partial charge on any atom is -0.392 e. The van der Waals surface area contributed by atoms with Crippen LogP contribution in [0, 0.1) is 0 Å². The van der Waals surface area contributed by atoms with E-state index in [4.69, 9.17) is 18.0 Å². The molecule has 0 spiro atoms. The summed E-state index contributed by atoms with van der Waals surface area (Å²) >= 11 is 4.89. The van der Waals surface area contributed by atoms with Crippen LogP contribution in [-0.2, 0) is 0 Å². The molecule has 0 bridgehead atoms. The van der Waals surface area contributed by atoms with Crippen LogP contribution in [0.1, 0.15) is 39.0 Å². The molecule has 4 N–H and O–H groups in total. The summed E-state index contributed by atoms with van der Waals surface area (Å²) in [6.45, 7) is 2.04. The Morgan fingerprint density at radius 2 is 2.27 bits per heavy atom. The number of nitrogens with two attached hydrogens (primary N) is 1. The molecule has 0 aromatic carbocycles. The van der Waals surface area contributed by atoms with Crippen LogP contribution < -0.4 is 16.4 Å². The summed E-state index contributed by atoms with van der Waals surface area (Å²) in [6.07, 6.45) is 5.12. The number of hydrogen-bond acceptors (Lipinski definition) is 2. The number of urea groups is 1. The van der Waals surface area contributed by atoms with Crippen molar-refractivity contribution in [2.75, 3.05) is 0 Å².